The molecule has 0 N–H and O–H groups in total. The van der Waals surface area contributed by atoms with Crippen LogP contribution in [0.4, 0.5) is 0 Å². The Morgan fingerprint density at radius 2 is 1.50 bits per heavy atom. The second-order valence-corrected chi connectivity index (χ2v) is 8.37. The number of nitrogens with zero attached hydrogens (tertiary/aromatic N) is 2. The number of benzene rings is 2. The maximum absolute atomic E-state index is 13.0. The molecular weight excluding hydrogens is 484 g/mol. The molecule has 0 atom stereocenters. The van der Waals surface area contributed by atoms with Crippen molar-refractivity contribution in [3.63, 3.8) is 0 Å². The van der Waals surface area contributed by atoms with Gasteiger partial charge in [0.15, 0.2) is 0 Å². The van der Waals surface area contributed by atoms with Crippen molar-refractivity contribution >= 4 is 37.5 Å². The maximum atomic E-state index is 13.0. The zero-order valence-corrected chi connectivity index (χ0v) is 22.0. The van der Waals surface area contributed by atoms with E-state index < -0.39 is 0 Å². The fourth-order valence-electron chi connectivity index (χ4n) is 3.36. The number of aromatic nitrogens is 2. The van der Waals surface area contributed by atoms with Crippen molar-refractivity contribution in [3.05, 3.63) is 92.1 Å². The van der Waals surface area contributed by atoms with Gasteiger partial charge in [0.2, 0.25) is 0 Å². The first-order valence-electron chi connectivity index (χ1n) is 10.9. The smallest absolute Gasteiger partial charge is 0.280 e. The molecule has 0 radical (unpaired) electrons. The average Bonchev–Trinajstić information content (AvgIpc) is 3.23. The zero-order valence-electron chi connectivity index (χ0n) is 19.6. The highest BCUT2D eigenvalue weighted by Crippen LogP contribution is 2.38. The van der Waals surface area contributed by atoms with E-state index in [-0.39, 0.29) is 11.2 Å². The third-order valence-electron chi connectivity index (χ3n) is 4.90. The number of hydrogen-bond acceptors (Lipinski definition) is 3. The molecule has 0 aliphatic rings. The van der Waals surface area contributed by atoms with Crippen LogP contribution < -0.4 is 11.2 Å². The molecule has 4 aromatic rings. The van der Waals surface area contributed by atoms with Crippen molar-refractivity contribution < 1.29 is 0 Å². The molecule has 0 aliphatic heterocycles. The first kappa shape index (κ1) is 25.8. The number of thiophene rings is 1. The lowest BCUT2D eigenvalue weighted by Crippen LogP contribution is -2.38. The number of aryl methyl sites for hydroxylation is 1. The van der Waals surface area contributed by atoms with E-state index in [0.29, 0.717) is 17.3 Å². The van der Waals surface area contributed by atoms with E-state index >= 15 is 0 Å². The molecule has 4 rings (SSSR count). The van der Waals surface area contributed by atoms with Crippen LogP contribution in [0.1, 0.15) is 44.4 Å². The fraction of sp³-hybridized carbons (Fsp3) is 0.308. The first-order valence-corrected chi connectivity index (χ1v) is 12.9. The van der Waals surface area contributed by atoms with Crippen LogP contribution in [0.25, 0.3) is 20.7 Å². The number of alkyl halides is 1. The van der Waals surface area contributed by atoms with Gasteiger partial charge in [-0.1, -0.05) is 104 Å². The molecular formula is C26H31BrN2O2S. The lowest BCUT2D eigenvalue weighted by atomic mass is 10.1. The Balaban J connectivity index is 0.000000860. The molecule has 170 valence electrons. The van der Waals surface area contributed by atoms with Crippen LogP contribution in [-0.2, 0) is 18.9 Å². The minimum absolute atomic E-state index is 0.242. The predicted octanol–water partition coefficient (Wildman–Crippen LogP) is 6.73. The van der Waals surface area contributed by atoms with E-state index in [1.54, 1.807) is 11.6 Å². The van der Waals surface area contributed by atoms with Gasteiger partial charge in [0.05, 0.1) is 11.9 Å². The number of fused-ring (bicyclic) bond motifs is 1. The van der Waals surface area contributed by atoms with Gasteiger partial charge >= 0.3 is 5.69 Å². The Hall–Kier alpha value is -2.44. The molecule has 32 heavy (non-hydrogen) atoms. The lowest BCUT2D eigenvalue weighted by molar-refractivity contribution is 0.677. The molecule has 0 saturated heterocycles. The summed E-state index contributed by atoms with van der Waals surface area (Å²) in [5.74, 6) is 0. The highest BCUT2D eigenvalue weighted by Gasteiger charge is 2.21. The normalized spacial score (nSPS) is 10.2. The van der Waals surface area contributed by atoms with Crippen LogP contribution in [0.15, 0.2) is 64.2 Å². The molecule has 6 heteroatoms. The van der Waals surface area contributed by atoms with E-state index in [2.05, 4.69) is 40.2 Å². The molecule has 0 saturated carbocycles. The largest absolute Gasteiger partial charge is 0.332 e. The third-order valence-corrected chi connectivity index (χ3v) is 6.77. The fourth-order valence-corrected chi connectivity index (χ4v) is 5.41. The van der Waals surface area contributed by atoms with E-state index in [9.17, 15) is 9.59 Å². The second-order valence-electron chi connectivity index (χ2n) is 6.81. The summed E-state index contributed by atoms with van der Waals surface area (Å²) in [6.07, 6.45) is 0. The van der Waals surface area contributed by atoms with Gasteiger partial charge in [-0.05, 0) is 23.6 Å². The van der Waals surface area contributed by atoms with Crippen LogP contribution >= 0.6 is 27.3 Å². The Bertz CT molecular complexity index is 1270. The van der Waals surface area contributed by atoms with Gasteiger partial charge < -0.3 is 0 Å². The van der Waals surface area contributed by atoms with E-state index in [1.807, 2.05) is 65.0 Å². The minimum atomic E-state index is -0.292. The van der Waals surface area contributed by atoms with Crippen LogP contribution in [0.3, 0.4) is 0 Å². The average molecular weight is 516 g/mol. The van der Waals surface area contributed by atoms with Crippen molar-refractivity contribution in [2.45, 2.75) is 46.5 Å². The van der Waals surface area contributed by atoms with Crippen molar-refractivity contribution in [2.24, 2.45) is 7.05 Å². The second kappa shape index (κ2) is 12.0. The van der Waals surface area contributed by atoms with Crippen LogP contribution in [0.2, 0.25) is 0 Å². The molecule has 0 aliphatic carbocycles. The van der Waals surface area contributed by atoms with Crippen molar-refractivity contribution in [1.82, 2.24) is 9.13 Å². The van der Waals surface area contributed by atoms with Crippen molar-refractivity contribution in [3.8, 4) is 10.4 Å². The summed E-state index contributed by atoms with van der Waals surface area (Å²) >= 11 is 5.07. The Morgan fingerprint density at radius 1 is 0.906 bits per heavy atom. The maximum Gasteiger partial charge on any atom is 0.332 e. The molecule has 2 aromatic heterocycles. The SMILES string of the molecule is CC.CC.Cc1ccc(-c2sc3c(c2CBr)c(=O)n(C)c(=O)n3Cc2ccccc2)cc1. The zero-order chi connectivity index (χ0) is 23.8. The van der Waals surface area contributed by atoms with E-state index in [4.69, 9.17) is 0 Å². The molecule has 2 aromatic carbocycles. The third kappa shape index (κ3) is 5.13. The predicted molar refractivity (Wildman–Crippen MR) is 142 cm³/mol. The quantitative estimate of drug-likeness (QED) is 0.283. The van der Waals surface area contributed by atoms with Crippen LogP contribution in [-0.4, -0.2) is 9.13 Å². The molecule has 2 heterocycles. The van der Waals surface area contributed by atoms with E-state index in [0.717, 1.165) is 26.4 Å². The Kier molecular flexibility index (Phi) is 9.66. The monoisotopic (exact) mass is 514 g/mol. The molecule has 0 spiro atoms. The molecule has 0 fully saturated rings. The molecule has 0 unspecified atom stereocenters. The van der Waals surface area contributed by atoms with Gasteiger partial charge in [0, 0.05) is 17.3 Å². The Labute approximate surface area is 202 Å². The van der Waals surface area contributed by atoms with Crippen LogP contribution in [0.5, 0.6) is 0 Å². The van der Waals surface area contributed by atoms with E-state index in [1.165, 1.54) is 21.5 Å². The highest BCUT2D eigenvalue weighted by atomic mass is 79.9. The van der Waals surface area contributed by atoms with Gasteiger partial charge in [0.25, 0.3) is 5.56 Å². The number of halogens is 1. The standard InChI is InChI=1S/C22H19BrN2O2S.2C2H6/c1-14-8-10-16(11-9-14)19-17(12-23)18-20(26)24(2)22(27)25(21(18)28-19)13-15-6-4-3-5-7-15;2*1-2/h3-11H,12-13H2,1-2H3;2*1-2H3. The summed E-state index contributed by atoms with van der Waals surface area (Å²) in [6, 6.07) is 18.1. The molecule has 0 bridgehead atoms. The van der Waals surface area contributed by atoms with Gasteiger partial charge in [-0.2, -0.15) is 0 Å². The van der Waals surface area contributed by atoms with Gasteiger partial charge in [-0.25, -0.2) is 4.79 Å². The van der Waals surface area contributed by atoms with Gasteiger partial charge in [0.1, 0.15) is 4.83 Å². The van der Waals surface area contributed by atoms with Crippen molar-refractivity contribution in [1.29, 1.82) is 0 Å². The minimum Gasteiger partial charge on any atom is -0.280 e. The number of hydrogen-bond donors (Lipinski definition) is 0. The summed E-state index contributed by atoms with van der Waals surface area (Å²) in [7, 11) is 1.55. The summed E-state index contributed by atoms with van der Waals surface area (Å²) in [6.45, 7) is 10.5. The number of rotatable bonds is 4. The van der Waals surface area contributed by atoms with Crippen molar-refractivity contribution in [2.75, 3.05) is 0 Å². The van der Waals surface area contributed by atoms with Crippen LogP contribution in [0, 0.1) is 6.92 Å². The van der Waals surface area contributed by atoms with Gasteiger partial charge in [-0.3, -0.25) is 13.9 Å². The molecule has 4 nitrogen and oxygen atoms in total. The summed E-state index contributed by atoms with van der Waals surface area (Å²) in [5.41, 5.74) is 3.67. The first-order chi connectivity index (χ1) is 15.5. The summed E-state index contributed by atoms with van der Waals surface area (Å²) in [5, 5.41) is 1.17. The topological polar surface area (TPSA) is 44.0 Å². The Morgan fingerprint density at radius 3 is 2.06 bits per heavy atom. The van der Waals surface area contributed by atoms with Gasteiger partial charge in [-0.15, -0.1) is 11.3 Å². The molecule has 0 amide bonds. The summed E-state index contributed by atoms with van der Waals surface area (Å²) < 4.78 is 2.92. The summed E-state index contributed by atoms with van der Waals surface area (Å²) in [4.78, 5) is 27.6. The highest BCUT2D eigenvalue weighted by molar-refractivity contribution is 9.08. The lowest BCUT2D eigenvalue weighted by Gasteiger charge is -2.09.